The highest BCUT2D eigenvalue weighted by atomic mass is 35.5. The molecule has 2 N–H and O–H groups in total. The van der Waals surface area contributed by atoms with Crippen molar-refractivity contribution in [3.05, 3.63) is 34.9 Å². The number of carbonyl (C=O) groups excluding carboxylic acids is 1. The Kier molecular flexibility index (Phi) is 5.43. The first kappa shape index (κ1) is 13.1. The molecule has 0 radical (unpaired) electrons. The summed E-state index contributed by atoms with van der Waals surface area (Å²) < 4.78 is 0. The van der Waals surface area contributed by atoms with Crippen molar-refractivity contribution >= 4 is 40.2 Å². The lowest BCUT2D eigenvalue weighted by Gasteiger charge is -1.99. The van der Waals surface area contributed by atoms with Crippen LogP contribution < -0.4 is 5.73 Å². The van der Waals surface area contributed by atoms with Crippen molar-refractivity contribution in [3.63, 3.8) is 0 Å². The second-order valence-corrected chi connectivity index (χ2v) is 4.99. The highest BCUT2D eigenvalue weighted by Gasteiger charge is 1.95. The van der Waals surface area contributed by atoms with Gasteiger partial charge in [-0.15, -0.1) is 0 Å². The van der Waals surface area contributed by atoms with Crippen molar-refractivity contribution in [1.29, 1.82) is 0 Å². The van der Waals surface area contributed by atoms with Gasteiger partial charge in [-0.1, -0.05) is 41.6 Å². The van der Waals surface area contributed by atoms with Gasteiger partial charge in [0.25, 0.3) is 0 Å². The summed E-state index contributed by atoms with van der Waals surface area (Å²) in [5.74, 6) is 0.814. The Hall–Kier alpha value is -0.930. The van der Waals surface area contributed by atoms with Crippen LogP contribution in [-0.4, -0.2) is 10.9 Å². The van der Waals surface area contributed by atoms with Gasteiger partial charge in [0.2, 0.25) is 0 Å². The number of thioether (sulfide) groups is 1. The third kappa shape index (κ3) is 4.73. The fraction of sp³-hybridized carbons (Fsp3) is 0.250. The number of anilines is 1. The molecule has 1 aromatic rings. The zero-order chi connectivity index (χ0) is 12.0. The summed E-state index contributed by atoms with van der Waals surface area (Å²) in [5, 5.41) is 0.730. The Labute approximate surface area is 105 Å². The molecule has 16 heavy (non-hydrogen) atoms. The van der Waals surface area contributed by atoms with E-state index >= 15 is 0 Å². The van der Waals surface area contributed by atoms with Crippen LogP contribution in [0.1, 0.15) is 18.9 Å². The number of nitrogens with two attached hydrogens (primary N) is 1. The van der Waals surface area contributed by atoms with Crippen molar-refractivity contribution in [2.75, 3.05) is 11.5 Å². The maximum atomic E-state index is 10.7. The van der Waals surface area contributed by atoms with Crippen molar-refractivity contribution in [2.24, 2.45) is 0 Å². The third-order valence-electron chi connectivity index (χ3n) is 1.92. The SMILES string of the molecule is CC(=O)SCCC=Cc1ccc(Cl)c(N)c1. The lowest BCUT2D eigenvalue weighted by Crippen LogP contribution is -1.86. The zero-order valence-corrected chi connectivity index (χ0v) is 10.6. The van der Waals surface area contributed by atoms with E-state index in [1.807, 2.05) is 24.3 Å². The largest absolute Gasteiger partial charge is 0.398 e. The molecular formula is C12H14ClNOS. The molecule has 0 fully saturated rings. The van der Waals surface area contributed by atoms with Crippen LogP contribution in [0, 0.1) is 0 Å². The molecule has 2 nitrogen and oxygen atoms in total. The van der Waals surface area contributed by atoms with Crippen LogP contribution in [0.2, 0.25) is 5.02 Å². The first-order chi connectivity index (χ1) is 7.59. The van der Waals surface area contributed by atoms with E-state index in [9.17, 15) is 4.79 Å². The molecule has 0 atom stereocenters. The van der Waals surface area contributed by atoms with Crippen molar-refractivity contribution in [2.45, 2.75) is 13.3 Å². The van der Waals surface area contributed by atoms with E-state index in [-0.39, 0.29) is 5.12 Å². The molecule has 0 aromatic heterocycles. The molecule has 1 aromatic carbocycles. The van der Waals surface area contributed by atoms with Gasteiger partial charge in [0.15, 0.2) is 5.12 Å². The smallest absolute Gasteiger partial charge is 0.185 e. The molecule has 1 rings (SSSR count). The first-order valence-corrected chi connectivity index (χ1v) is 6.31. The predicted octanol–water partition coefficient (Wildman–Crippen LogP) is 3.61. The summed E-state index contributed by atoms with van der Waals surface area (Å²) in [6, 6.07) is 5.52. The van der Waals surface area contributed by atoms with Crippen molar-refractivity contribution in [1.82, 2.24) is 0 Å². The summed E-state index contributed by atoms with van der Waals surface area (Å²) in [5.41, 5.74) is 7.28. The molecule has 0 amide bonds. The van der Waals surface area contributed by atoms with Gasteiger partial charge in [-0.25, -0.2) is 0 Å². The topological polar surface area (TPSA) is 43.1 Å². The van der Waals surface area contributed by atoms with Crippen molar-refractivity contribution in [3.8, 4) is 0 Å². The normalized spacial score (nSPS) is 10.9. The van der Waals surface area contributed by atoms with Crippen LogP contribution in [0.5, 0.6) is 0 Å². The monoisotopic (exact) mass is 255 g/mol. The summed E-state index contributed by atoms with van der Waals surface area (Å²) in [6.07, 6.45) is 4.87. The maximum absolute atomic E-state index is 10.7. The minimum Gasteiger partial charge on any atom is -0.398 e. The fourth-order valence-corrected chi connectivity index (χ4v) is 1.81. The van der Waals surface area contributed by atoms with Gasteiger partial charge in [-0.2, -0.15) is 0 Å². The van der Waals surface area contributed by atoms with Crippen LogP contribution in [0.4, 0.5) is 5.69 Å². The number of rotatable bonds is 4. The second-order valence-electron chi connectivity index (χ2n) is 3.31. The Morgan fingerprint density at radius 3 is 2.94 bits per heavy atom. The molecule has 0 aliphatic carbocycles. The third-order valence-corrected chi connectivity index (χ3v) is 3.11. The van der Waals surface area contributed by atoms with E-state index in [2.05, 4.69) is 0 Å². The fourth-order valence-electron chi connectivity index (χ4n) is 1.16. The Balaban J connectivity index is 2.44. The molecule has 0 bridgehead atoms. The van der Waals surface area contributed by atoms with Gasteiger partial charge in [-0.3, -0.25) is 4.79 Å². The van der Waals surface area contributed by atoms with E-state index in [1.54, 1.807) is 13.0 Å². The number of hydrogen-bond donors (Lipinski definition) is 1. The summed E-state index contributed by atoms with van der Waals surface area (Å²) >= 11 is 7.15. The van der Waals surface area contributed by atoms with Crippen LogP contribution in [0.25, 0.3) is 6.08 Å². The molecule has 0 heterocycles. The van der Waals surface area contributed by atoms with Crippen LogP contribution in [0.15, 0.2) is 24.3 Å². The van der Waals surface area contributed by atoms with Gasteiger partial charge >= 0.3 is 0 Å². The lowest BCUT2D eigenvalue weighted by atomic mass is 10.2. The Morgan fingerprint density at radius 1 is 1.56 bits per heavy atom. The van der Waals surface area contributed by atoms with Crippen LogP contribution in [-0.2, 0) is 4.79 Å². The molecule has 0 saturated heterocycles. The van der Waals surface area contributed by atoms with E-state index < -0.39 is 0 Å². The Bertz CT molecular complexity index is 404. The summed E-state index contributed by atoms with van der Waals surface area (Å²) in [4.78, 5) is 10.7. The quantitative estimate of drug-likeness (QED) is 0.660. The van der Waals surface area contributed by atoms with Crippen molar-refractivity contribution < 1.29 is 4.79 Å². The average Bonchev–Trinajstić information content (AvgIpc) is 2.22. The lowest BCUT2D eigenvalue weighted by molar-refractivity contribution is -0.109. The van der Waals surface area contributed by atoms with Gasteiger partial charge < -0.3 is 5.73 Å². The van der Waals surface area contributed by atoms with Crippen LogP contribution >= 0.6 is 23.4 Å². The molecule has 0 aliphatic rings. The minimum absolute atomic E-state index is 0.157. The van der Waals surface area contributed by atoms with Gasteiger partial charge in [-0.05, 0) is 24.1 Å². The standard InChI is InChI=1S/C12H14ClNOS/c1-9(15)16-7-3-2-4-10-5-6-11(13)12(14)8-10/h2,4-6,8H,3,7,14H2,1H3. The average molecular weight is 256 g/mol. The highest BCUT2D eigenvalue weighted by molar-refractivity contribution is 8.13. The molecule has 86 valence electrons. The van der Waals surface area contributed by atoms with Gasteiger partial charge in [0, 0.05) is 12.7 Å². The summed E-state index contributed by atoms with van der Waals surface area (Å²) in [6.45, 7) is 1.58. The zero-order valence-electron chi connectivity index (χ0n) is 9.07. The number of carbonyl (C=O) groups is 1. The second kappa shape index (κ2) is 6.61. The molecule has 0 aliphatic heterocycles. The van der Waals surface area contributed by atoms with E-state index in [1.165, 1.54) is 11.8 Å². The minimum atomic E-state index is 0.157. The van der Waals surface area contributed by atoms with E-state index in [0.29, 0.717) is 10.7 Å². The van der Waals surface area contributed by atoms with Crippen LogP contribution in [0.3, 0.4) is 0 Å². The predicted molar refractivity (Wildman–Crippen MR) is 72.7 cm³/mol. The van der Waals surface area contributed by atoms with Gasteiger partial charge in [0.1, 0.15) is 0 Å². The van der Waals surface area contributed by atoms with Gasteiger partial charge in [0.05, 0.1) is 10.7 Å². The number of halogens is 1. The highest BCUT2D eigenvalue weighted by Crippen LogP contribution is 2.20. The number of allylic oxidation sites excluding steroid dienone is 1. The number of nitrogen functional groups attached to an aromatic ring is 1. The molecule has 0 spiro atoms. The summed E-state index contributed by atoms with van der Waals surface area (Å²) in [7, 11) is 0. The van der Waals surface area contributed by atoms with E-state index in [0.717, 1.165) is 17.7 Å². The molecule has 0 saturated carbocycles. The molecule has 0 unspecified atom stereocenters. The molecule has 4 heteroatoms. The molecular weight excluding hydrogens is 242 g/mol. The van der Waals surface area contributed by atoms with E-state index in [4.69, 9.17) is 17.3 Å². The maximum Gasteiger partial charge on any atom is 0.185 e. The Morgan fingerprint density at radius 2 is 2.31 bits per heavy atom. The number of hydrogen-bond acceptors (Lipinski definition) is 3. The number of benzene rings is 1. The first-order valence-electron chi connectivity index (χ1n) is 4.94.